The first kappa shape index (κ1) is 14.3. The number of likely N-dealkylation sites (N-methyl/N-ethyl adjacent to an activating group) is 1. The van der Waals surface area contributed by atoms with Gasteiger partial charge >= 0.3 is 0 Å². The minimum atomic E-state index is 0.211. The summed E-state index contributed by atoms with van der Waals surface area (Å²) in [5.74, 6) is 0.211. The lowest BCUT2D eigenvalue weighted by molar-refractivity contribution is -0.132. The molecule has 1 aromatic carbocycles. The van der Waals surface area contributed by atoms with Gasteiger partial charge in [-0.05, 0) is 40.5 Å². The second kappa shape index (κ2) is 5.88. The van der Waals surface area contributed by atoms with E-state index in [4.69, 9.17) is 18.0 Å². The number of nitrogens with one attached hydrogen (secondary N) is 1. The predicted octanol–water partition coefficient (Wildman–Crippen LogP) is 2.12. The van der Waals surface area contributed by atoms with E-state index in [1.54, 1.807) is 4.90 Å². The number of likely N-dealkylation sites (tertiary alicyclic amines) is 1. The Morgan fingerprint density at radius 1 is 1.58 bits per heavy atom. The second-order valence-corrected chi connectivity index (χ2v) is 6.01. The van der Waals surface area contributed by atoms with E-state index in [1.165, 1.54) is 0 Å². The Kier molecular flexibility index (Phi) is 4.42. The largest absolute Gasteiger partial charge is 0.389 e. The maximum Gasteiger partial charge on any atom is 0.222 e. The van der Waals surface area contributed by atoms with Crippen LogP contribution in [0.5, 0.6) is 0 Å². The number of anilines is 1. The van der Waals surface area contributed by atoms with Crippen LogP contribution in [0.3, 0.4) is 0 Å². The minimum Gasteiger partial charge on any atom is -0.389 e. The zero-order valence-corrected chi connectivity index (χ0v) is 13.1. The number of hydrogen-bond acceptors (Lipinski definition) is 3. The summed E-state index contributed by atoms with van der Waals surface area (Å²) in [4.78, 5) is 13.6. The molecule has 1 aliphatic heterocycles. The van der Waals surface area contributed by atoms with Gasteiger partial charge in [0, 0.05) is 41.8 Å². The number of hydrogen-bond donors (Lipinski definition) is 2. The van der Waals surface area contributed by atoms with Gasteiger partial charge in [0.2, 0.25) is 5.91 Å². The smallest absolute Gasteiger partial charge is 0.222 e. The van der Waals surface area contributed by atoms with Gasteiger partial charge < -0.3 is 16.0 Å². The van der Waals surface area contributed by atoms with E-state index in [-0.39, 0.29) is 11.9 Å². The highest BCUT2D eigenvalue weighted by Crippen LogP contribution is 2.23. The summed E-state index contributed by atoms with van der Waals surface area (Å²) < 4.78 is 0.880. The molecule has 1 amide bonds. The van der Waals surface area contributed by atoms with Gasteiger partial charge in [-0.15, -0.1) is 0 Å². The van der Waals surface area contributed by atoms with Crippen molar-refractivity contribution >= 4 is 44.7 Å². The van der Waals surface area contributed by atoms with E-state index >= 15 is 0 Å². The van der Waals surface area contributed by atoms with Crippen molar-refractivity contribution in [1.82, 2.24) is 4.90 Å². The number of rotatable bonds is 3. The lowest BCUT2D eigenvalue weighted by Gasteiger charge is -2.30. The number of carbonyl (C=O) groups is 1. The zero-order chi connectivity index (χ0) is 14.0. The maximum atomic E-state index is 11.4. The van der Waals surface area contributed by atoms with Crippen LogP contribution in [0.1, 0.15) is 18.4 Å². The van der Waals surface area contributed by atoms with E-state index in [1.807, 2.05) is 25.2 Å². The number of carbonyl (C=O) groups excluding carboxylic acids is 1. The third kappa shape index (κ3) is 3.45. The average molecular weight is 342 g/mol. The van der Waals surface area contributed by atoms with Crippen molar-refractivity contribution in [1.29, 1.82) is 0 Å². The van der Waals surface area contributed by atoms with Crippen LogP contribution < -0.4 is 11.1 Å². The Balaban J connectivity index is 2.06. The van der Waals surface area contributed by atoms with E-state index in [2.05, 4.69) is 21.2 Å². The van der Waals surface area contributed by atoms with Gasteiger partial charge in [-0.25, -0.2) is 0 Å². The summed E-state index contributed by atoms with van der Waals surface area (Å²) in [6, 6.07) is 6.10. The normalized spacial score (nSPS) is 19.4. The van der Waals surface area contributed by atoms with E-state index in [9.17, 15) is 4.79 Å². The van der Waals surface area contributed by atoms with Crippen molar-refractivity contribution in [2.45, 2.75) is 18.9 Å². The number of nitrogens with two attached hydrogens (primary N) is 1. The molecule has 1 aromatic rings. The fourth-order valence-electron chi connectivity index (χ4n) is 2.17. The van der Waals surface area contributed by atoms with Crippen molar-refractivity contribution < 1.29 is 4.79 Å². The highest BCUT2D eigenvalue weighted by molar-refractivity contribution is 9.10. The topological polar surface area (TPSA) is 58.4 Å². The van der Waals surface area contributed by atoms with Gasteiger partial charge in [0.25, 0.3) is 0 Å². The number of piperidine rings is 1. The van der Waals surface area contributed by atoms with Crippen LogP contribution in [0.25, 0.3) is 0 Å². The molecule has 19 heavy (non-hydrogen) atoms. The summed E-state index contributed by atoms with van der Waals surface area (Å²) in [6.07, 6.45) is 1.46. The molecule has 2 rings (SSSR count). The molecule has 0 bridgehead atoms. The molecule has 0 saturated carbocycles. The summed E-state index contributed by atoms with van der Waals surface area (Å²) >= 11 is 8.43. The first-order chi connectivity index (χ1) is 8.97. The van der Waals surface area contributed by atoms with Crippen molar-refractivity contribution in [2.75, 3.05) is 18.9 Å². The van der Waals surface area contributed by atoms with E-state index < -0.39 is 0 Å². The number of halogens is 1. The van der Waals surface area contributed by atoms with Crippen LogP contribution in [0.4, 0.5) is 5.69 Å². The lowest BCUT2D eigenvalue weighted by atomic mass is 10.1. The van der Waals surface area contributed by atoms with E-state index in [0.29, 0.717) is 11.4 Å². The molecule has 1 fully saturated rings. The monoisotopic (exact) mass is 341 g/mol. The SMILES string of the molecule is CN1CC(Nc2ccc(C(N)=S)c(Br)c2)CCC1=O. The van der Waals surface area contributed by atoms with Crippen LogP contribution in [-0.2, 0) is 4.79 Å². The van der Waals surface area contributed by atoms with Gasteiger partial charge in [-0.3, -0.25) is 4.79 Å². The minimum absolute atomic E-state index is 0.211. The van der Waals surface area contributed by atoms with Crippen LogP contribution in [0, 0.1) is 0 Å². The van der Waals surface area contributed by atoms with Gasteiger partial charge in [-0.1, -0.05) is 12.2 Å². The van der Waals surface area contributed by atoms with Gasteiger partial charge in [0.15, 0.2) is 0 Å². The molecule has 3 N–H and O–H groups in total. The van der Waals surface area contributed by atoms with Crippen LogP contribution in [-0.4, -0.2) is 35.4 Å². The third-order valence-electron chi connectivity index (χ3n) is 3.23. The molecule has 0 aliphatic carbocycles. The Hall–Kier alpha value is -1.14. The maximum absolute atomic E-state index is 11.4. The molecule has 0 aromatic heterocycles. The highest BCUT2D eigenvalue weighted by atomic mass is 79.9. The van der Waals surface area contributed by atoms with Crippen molar-refractivity contribution in [3.8, 4) is 0 Å². The molecule has 1 unspecified atom stereocenters. The van der Waals surface area contributed by atoms with Gasteiger partial charge in [0.05, 0.1) is 0 Å². The Morgan fingerprint density at radius 2 is 2.32 bits per heavy atom. The number of benzene rings is 1. The van der Waals surface area contributed by atoms with Gasteiger partial charge in [0.1, 0.15) is 4.99 Å². The standard InChI is InChI=1S/C13H16BrN3OS/c1-17-7-9(3-5-12(17)18)16-8-2-4-10(13(15)19)11(14)6-8/h2,4,6,9,16H,3,5,7H2,1H3,(H2,15,19). The molecule has 1 saturated heterocycles. The third-order valence-corrected chi connectivity index (χ3v) is 4.11. The zero-order valence-electron chi connectivity index (χ0n) is 10.6. The fraction of sp³-hybridized carbons (Fsp3) is 0.385. The highest BCUT2D eigenvalue weighted by Gasteiger charge is 2.22. The first-order valence-electron chi connectivity index (χ1n) is 6.07. The van der Waals surface area contributed by atoms with Gasteiger partial charge in [-0.2, -0.15) is 0 Å². The Morgan fingerprint density at radius 3 is 2.89 bits per heavy atom. The Labute approximate surface area is 126 Å². The van der Waals surface area contributed by atoms with Crippen molar-refractivity contribution in [2.24, 2.45) is 5.73 Å². The predicted molar refractivity (Wildman–Crippen MR) is 84.3 cm³/mol. The molecule has 0 spiro atoms. The summed E-state index contributed by atoms with van der Waals surface area (Å²) in [5, 5.41) is 3.43. The molecule has 1 aliphatic rings. The van der Waals surface area contributed by atoms with Crippen molar-refractivity contribution in [3.63, 3.8) is 0 Å². The molecule has 102 valence electrons. The molecule has 1 atom stereocenters. The second-order valence-electron chi connectivity index (χ2n) is 4.71. The molecule has 6 heteroatoms. The summed E-state index contributed by atoms with van der Waals surface area (Å²) in [7, 11) is 1.84. The number of nitrogens with zero attached hydrogens (tertiary/aromatic N) is 1. The average Bonchev–Trinajstić information content (AvgIpc) is 2.33. The fourth-order valence-corrected chi connectivity index (χ4v) is 3.07. The molecule has 1 heterocycles. The summed E-state index contributed by atoms with van der Waals surface area (Å²) in [5.41, 5.74) is 7.45. The molecular formula is C13H16BrN3OS. The van der Waals surface area contributed by atoms with Crippen LogP contribution in [0.2, 0.25) is 0 Å². The van der Waals surface area contributed by atoms with Crippen LogP contribution in [0.15, 0.2) is 22.7 Å². The lowest BCUT2D eigenvalue weighted by Crippen LogP contribution is -2.43. The molecule has 4 nitrogen and oxygen atoms in total. The number of thiocarbonyl (C=S) groups is 1. The van der Waals surface area contributed by atoms with E-state index in [0.717, 1.165) is 28.7 Å². The number of amides is 1. The summed E-state index contributed by atoms with van der Waals surface area (Å²) in [6.45, 7) is 0.730. The van der Waals surface area contributed by atoms with Crippen LogP contribution >= 0.6 is 28.1 Å². The van der Waals surface area contributed by atoms with Crippen molar-refractivity contribution in [3.05, 3.63) is 28.2 Å². The molecule has 0 radical (unpaired) electrons. The Bertz CT molecular complexity index is 521. The first-order valence-corrected chi connectivity index (χ1v) is 7.27. The quantitative estimate of drug-likeness (QED) is 0.826. The molecular weight excluding hydrogens is 326 g/mol.